The standard InChI is InChI=1S/C10H16O/c1-3-5-7-9-10(11)8-6-4-2/h3,5-6,8H,4,7,9H2,1-2H3/b5-3+,8-6+. The summed E-state index contributed by atoms with van der Waals surface area (Å²) in [5.74, 6) is 0.227. The lowest BCUT2D eigenvalue weighted by Crippen LogP contribution is -1.89. The summed E-state index contributed by atoms with van der Waals surface area (Å²) in [5, 5.41) is 0. The van der Waals surface area contributed by atoms with E-state index < -0.39 is 0 Å². The highest BCUT2D eigenvalue weighted by atomic mass is 16.1. The minimum Gasteiger partial charge on any atom is -0.295 e. The molecular weight excluding hydrogens is 136 g/mol. The number of allylic oxidation sites excluding steroid dienone is 4. The van der Waals surface area contributed by atoms with Crippen LogP contribution in [0.1, 0.15) is 33.1 Å². The number of carbonyl (C=O) groups is 1. The highest BCUT2D eigenvalue weighted by Crippen LogP contribution is 1.94. The summed E-state index contributed by atoms with van der Waals surface area (Å²) in [5.41, 5.74) is 0. The van der Waals surface area contributed by atoms with E-state index in [1.165, 1.54) is 0 Å². The first-order chi connectivity index (χ1) is 5.31. The van der Waals surface area contributed by atoms with Crippen LogP contribution in [-0.4, -0.2) is 5.78 Å². The zero-order valence-electron chi connectivity index (χ0n) is 7.34. The SMILES string of the molecule is C/C=C/CCC(=O)/C=C/CC. The summed E-state index contributed by atoms with van der Waals surface area (Å²) in [6.45, 7) is 3.99. The highest BCUT2D eigenvalue weighted by molar-refractivity contribution is 5.89. The molecule has 0 atom stereocenters. The van der Waals surface area contributed by atoms with Crippen LogP contribution in [0.15, 0.2) is 24.3 Å². The second-order valence-electron chi connectivity index (χ2n) is 2.38. The van der Waals surface area contributed by atoms with Gasteiger partial charge in [0, 0.05) is 6.42 Å². The van der Waals surface area contributed by atoms with E-state index in [9.17, 15) is 4.79 Å². The first-order valence-corrected chi connectivity index (χ1v) is 4.11. The Bertz CT molecular complexity index is 154. The van der Waals surface area contributed by atoms with Crippen molar-refractivity contribution in [1.82, 2.24) is 0 Å². The lowest BCUT2D eigenvalue weighted by molar-refractivity contribution is -0.114. The molecule has 1 nitrogen and oxygen atoms in total. The van der Waals surface area contributed by atoms with Crippen molar-refractivity contribution in [3.63, 3.8) is 0 Å². The predicted octanol–water partition coefficient (Wildman–Crippen LogP) is 2.88. The zero-order valence-corrected chi connectivity index (χ0v) is 7.34. The molecule has 0 radical (unpaired) electrons. The molecule has 0 aliphatic heterocycles. The van der Waals surface area contributed by atoms with Gasteiger partial charge in [-0.1, -0.05) is 25.2 Å². The van der Waals surface area contributed by atoms with Crippen LogP contribution < -0.4 is 0 Å². The molecule has 0 saturated carbocycles. The van der Waals surface area contributed by atoms with Gasteiger partial charge in [-0.15, -0.1) is 0 Å². The monoisotopic (exact) mass is 152 g/mol. The van der Waals surface area contributed by atoms with Crippen LogP contribution in [0.25, 0.3) is 0 Å². The lowest BCUT2D eigenvalue weighted by atomic mass is 10.2. The van der Waals surface area contributed by atoms with Crippen molar-refractivity contribution in [2.45, 2.75) is 33.1 Å². The van der Waals surface area contributed by atoms with Gasteiger partial charge in [0.25, 0.3) is 0 Å². The van der Waals surface area contributed by atoms with Crippen LogP contribution in [0, 0.1) is 0 Å². The van der Waals surface area contributed by atoms with Gasteiger partial charge < -0.3 is 0 Å². The number of ketones is 1. The molecule has 0 bridgehead atoms. The molecule has 0 aliphatic carbocycles. The fraction of sp³-hybridized carbons (Fsp3) is 0.500. The smallest absolute Gasteiger partial charge is 0.155 e. The summed E-state index contributed by atoms with van der Waals surface area (Å²) in [6.07, 6.45) is 10.00. The maximum atomic E-state index is 11.0. The largest absolute Gasteiger partial charge is 0.295 e. The number of hydrogen-bond acceptors (Lipinski definition) is 1. The zero-order chi connectivity index (χ0) is 8.53. The summed E-state index contributed by atoms with van der Waals surface area (Å²) in [7, 11) is 0. The molecule has 0 unspecified atom stereocenters. The number of carbonyl (C=O) groups excluding carboxylic acids is 1. The van der Waals surface area contributed by atoms with Crippen molar-refractivity contribution >= 4 is 5.78 Å². The lowest BCUT2D eigenvalue weighted by Gasteiger charge is -1.88. The minimum atomic E-state index is 0.227. The summed E-state index contributed by atoms with van der Waals surface area (Å²) in [4.78, 5) is 11.0. The summed E-state index contributed by atoms with van der Waals surface area (Å²) < 4.78 is 0. The number of rotatable bonds is 5. The predicted molar refractivity (Wildman–Crippen MR) is 48.5 cm³/mol. The molecule has 0 aromatic rings. The molecule has 0 fully saturated rings. The Kier molecular flexibility index (Phi) is 6.70. The van der Waals surface area contributed by atoms with Gasteiger partial charge in [0.1, 0.15) is 0 Å². The van der Waals surface area contributed by atoms with Crippen LogP contribution in [0.4, 0.5) is 0 Å². The molecule has 0 heterocycles. The van der Waals surface area contributed by atoms with Crippen molar-refractivity contribution in [3.8, 4) is 0 Å². The molecule has 11 heavy (non-hydrogen) atoms. The number of hydrogen-bond donors (Lipinski definition) is 0. The van der Waals surface area contributed by atoms with E-state index in [-0.39, 0.29) is 5.78 Å². The molecule has 0 aromatic heterocycles. The summed E-state index contributed by atoms with van der Waals surface area (Å²) in [6, 6.07) is 0. The fourth-order valence-corrected chi connectivity index (χ4v) is 0.725. The molecule has 0 spiro atoms. The van der Waals surface area contributed by atoms with E-state index in [4.69, 9.17) is 0 Å². The van der Waals surface area contributed by atoms with E-state index >= 15 is 0 Å². The van der Waals surface area contributed by atoms with Crippen LogP contribution in [0.5, 0.6) is 0 Å². The molecule has 0 saturated heterocycles. The average Bonchev–Trinajstić information content (AvgIpc) is 2.01. The minimum absolute atomic E-state index is 0.227. The highest BCUT2D eigenvalue weighted by Gasteiger charge is 1.91. The Hall–Kier alpha value is -0.850. The molecule has 0 aromatic carbocycles. The Morgan fingerprint density at radius 3 is 2.64 bits per heavy atom. The van der Waals surface area contributed by atoms with Crippen LogP contribution in [0.2, 0.25) is 0 Å². The Labute approximate surface area is 68.8 Å². The van der Waals surface area contributed by atoms with Gasteiger partial charge in [-0.25, -0.2) is 0 Å². The van der Waals surface area contributed by atoms with Gasteiger partial charge in [0.15, 0.2) is 5.78 Å². The second kappa shape index (κ2) is 7.26. The van der Waals surface area contributed by atoms with Crippen molar-refractivity contribution in [2.24, 2.45) is 0 Å². The van der Waals surface area contributed by atoms with E-state index in [1.54, 1.807) is 6.08 Å². The summed E-state index contributed by atoms with van der Waals surface area (Å²) >= 11 is 0. The fourth-order valence-electron chi connectivity index (χ4n) is 0.725. The first-order valence-electron chi connectivity index (χ1n) is 4.11. The van der Waals surface area contributed by atoms with Gasteiger partial charge in [-0.2, -0.15) is 0 Å². The molecular formula is C10H16O. The third kappa shape index (κ3) is 7.04. The quantitative estimate of drug-likeness (QED) is 0.437. The van der Waals surface area contributed by atoms with Crippen molar-refractivity contribution < 1.29 is 4.79 Å². The Balaban J connectivity index is 3.45. The van der Waals surface area contributed by atoms with Crippen LogP contribution in [-0.2, 0) is 4.79 Å². The molecule has 0 N–H and O–H groups in total. The van der Waals surface area contributed by atoms with Crippen molar-refractivity contribution in [3.05, 3.63) is 24.3 Å². The third-order valence-electron chi connectivity index (χ3n) is 1.33. The molecule has 1 heteroatoms. The maximum Gasteiger partial charge on any atom is 0.155 e. The van der Waals surface area contributed by atoms with Crippen molar-refractivity contribution in [2.75, 3.05) is 0 Å². The van der Waals surface area contributed by atoms with E-state index in [0.29, 0.717) is 6.42 Å². The van der Waals surface area contributed by atoms with Gasteiger partial charge in [-0.05, 0) is 25.8 Å². The maximum absolute atomic E-state index is 11.0. The Morgan fingerprint density at radius 2 is 2.09 bits per heavy atom. The van der Waals surface area contributed by atoms with E-state index in [2.05, 4.69) is 0 Å². The van der Waals surface area contributed by atoms with E-state index in [0.717, 1.165) is 12.8 Å². The molecule has 62 valence electrons. The van der Waals surface area contributed by atoms with Crippen LogP contribution >= 0.6 is 0 Å². The molecule has 0 rings (SSSR count). The normalized spacial score (nSPS) is 11.5. The Morgan fingerprint density at radius 1 is 1.36 bits per heavy atom. The van der Waals surface area contributed by atoms with Gasteiger partial charge in [0.05, 0.1) is 0 Å². The van der Waals surface area contributed by atoms with Gasteiger partial charge >= 0.3 is 0 Å². The van der Waals surface area contributed by atoms with E-state index in [1.807, 2.05) is 32.1 Å². The molecule has 0 aliphatic rings. The van der Waals surface area contributed by atoms with Crippen LogP contribution in [0.3, 0.4) is 0 Å². The van der Waals surface area contributed by atoms with Gasteiger partial charge in [0.2, 0.25) is 0 Å². The molecule has 0 amide bonds. The average molecular weight is 152 g/mol. The third-order valence-corrected chi connectivity index (χ3v) is 1.33. The second-order valence-corrected chi connectivity index (χ2v) is 2.38. The van der Waals surface area contributed by atoms with Crippen molar-refractivity contribution in [1.29, 1.82) is 0 Å². The first kappa shape index (κ1) is 10.2. The topological polar surface area (TPSA) is 17.1 Å². The van der Waals surface area contributed by atoms with Gasteiger partial charge in [-0.3, -0.25) is 4.79 Å².